The third kappa shape index (κ3) is 2.72. The Hall–Kier alpha value is -0.510. The van der Waals surface area contributed by atoms with Crippen LogP contribution >= 0.6 is 11.6 Å². The zero-order valence-corrected chi connectivity index (χ0v) is 8.60. The summed E-state index contributed by atoms with van der Waals surface area (Å²) in [7, 11) is 1.87. The Kier molecular flexibility index (Phi) is 4.28. The Morgan fingerprint density at radius 2 is 2.46 bits per heavy atom. The highest BCUT2D eigenvalue weighted by molar-refractivity contribution is 6.29. The molecular weight excluding hydrogens is 190 g/mol. The Morgan fingerprint density at radius 1 is 1.69 bits per heavy atom. The van der Waals surface area contributed by atoms with Crippen molar-refractivity contribution in [1.82, 2.24) is 5.32 Å². The smallest absolute Gasteiger partial charge is 0.197 e. The van der Waals surface area contributed by atoms with Gasteiger partial charge in [-0.3, -0.25) is 0 Å². The van der Waals surface area contributed by atoms with Gasteiger partial charge in [0.1, 0.15) is 0 Å². The molecule has 1 aromatic rings. The lowest BCUT2D eigenvalue weighted by Gasteiger charge is -2.14. The van der Waals surface area contributed by atoms with Gasteiger partial charge < -0.3 is 14.5 Å². The summed E-state index contributed by atoms with van der Waals surface area (Å²) in [6, 6.07) is 1.95. The van der Waals surface area contributed by atoms with E-state index in [0.29, 0.717) is 18.4 Å². The number of halogens is 1. The molecule has 0 amide bonds. The Morgan fingerprint density at radius 3 is 2.92 bits per heavy atom. The van der Waals surface area contributed by atoms with E-state index in [0.717, 1.165) is 5.56 Å². The number of ether oxygens (including phenoxy) is 1. The summed E-state index contributed by atoms with van der Waals surface area (Å²) in [5.41, 5.74) is 0.942. The van der Waals surface area contributed by atoms with Gasteiger partial charge in [-0.2, -0.15) is 0 Å². The highest BCUT2D eigenvalue weighted by atomic mass is 35.5. The Bertz CT molecular complexity index is 250. The van der Waals surface area contributed by atoms with Crippen molar-refractivity contribution < 1.29 is 9.15 Å². The lowest BCUT2D eigenvalue weighted by atomic mass is 10.2. The van der Waals surface area contributed by atoms with Crippen molar-refractivity contribution in [2.75, 3.05) is 20.3 Å². The molecule has 1 rings (SSSR count). The molecule has 0 fully saturated rings. The fourth-order valence-electron chi connectivity index (χ4n) is 1.12. The predicted molar refractivity (Wildman–Crippen MR) is 52.0 cm³/mol. The first-order valence-electron chi connectivity index (χ1n) is 4.27. The van der Waals surface area contributed by atoms with Crippen LogP contribution in [-0.2, 0) is 4.74 Å². The summed E-state index contributed by atoms with van der Waals surface area (Å²) < 4.78 is 10.3. The summed E-state index contributed by atoms with van der Waals surface area (Å²) in [4.78, 5) is 0. The average Bonchev–Trinajstić information content (AvgIpc) is 2.54. The van der Waals surface area contributed by atoms with Crippen LogP contribution in [0, 0.1) is 0 Å². The van der Waals surface area contributed by atoms with Crippen molar-refractivity contribution >= 4 is 11.6 Å². The van der Waals surface area contributed by atoms with Crippen LogP contribution in [0.2, 0.25) is 5.22 Å². The first kappa shape index (κ1) is 10.6. The number of hydrogen-bond acceptors (Lipinski definition) is 3. The molecule has 3 nitrogen and oxygen atoms in total. The second-order valence-corrected chi connectivity index (χ2v) is 2.99. The minimum Gasteiger partial charge on any atom is -0.453 e. The molecule has 0 bridgehead atoms. The molecular formula is C9H14ClNO2. The second kappa shape index (κ2) is 5.27. The number of likely N-dealkylation sites (N-methyl/N-ethyl adjacent to an activating group) is 1. The first-order valence-corrected chi connectivity index (χ1v) is 4.65. The number of rotatable bonds is 5. The molecule has 1 aromatic heterocycles. The van der Waals surface area contributed by atoms with E-state index < -0.39 is 0 Å². The maximum Gasteiger partial charge on any atom is 0.197 e. The molecule has 74 valence electrons. The maximum absolute atomic E-state index is 5.83. The van der Waals surface area contributed by atoms with Crippen LogP contribution in [-0.4, -0.2) is 20.3 Å². The summed E-state index contributed by atoms with van der Waals surface area (Å²) in [5, 5.41) is 3.54. The lowest BCUT2D eigenvalue weighted by molar-refractivity contribution is 0.125. The topological polar surface area (TPSA) is 34.4 Å². The highest BCUT2D eigenvalue weighted by Gasteiger charge is 2.14. The van der Waals surface area contributed by atoms with E-state index >= 15 is 0 Å². The SMILES string of the molecule is CCOCC(NC)c1ccoc1Cl. The molecule has 0 saturated carbocycles. The van der Waals surface area contributed by atoms with Gasteiger partial charge in [-0.15, -0.1) is 0 Å². The van der Waals surface area contributed by atoms with Crippen molar-refractivity contribution in [3.63, 3.8) is 0 Å². The standard InChI is InChI=1S/C9H14ClNO2/c1-3-12-6-8(11-2)7-4-5-13-9(7)10/h4-5,8,11H,3,6H2,1-2H3. The van der Waals surface area contributed by atoms with Crippen LogP contribution in [0.3, 0.4) is 0 Å². The van der Waals surface area contributed by atoms with Crippen LogP contribution in [0.25, 0.3) is 0 Å². The number of hydrogen-bond donors (Lipinski definition) is 1. The number of furan rings is 1. The quantitative estimate of drug-likeness (QED) is 0.797. The summed E-state index contributed by atoms with van der Waals surface area (Å²) >= 11 is 5.83. The Balaban J connectivity index is 2.61. The van der Waals surface area contributed by atoms with Gasteiger partial charge in [-0.05, 0) is 31.6 Å². The van der Waals surface area contributed by atoms with Gasteiger partial charge in [0.05, 0.1) is 18.9 Å². The zero-order valence-electron chi connectivity index (χ0n) is 7.84. The Labute approximate surface area is 83.0 Å². The third-order valence-corrected chi connectivity index (χ3v) is 2.17. The van der Waals surface area contributed by atoms with E-state index in [4.69, 9.17) is 20.8 Å². The van der Waals surface area contributed by atoms with Crippen molar-refractivity contribution in [3.05, 3.63) is 23.1 Å². The van der Waals surface area contributed by atoms with Crippen molar-refractivity contribution in [2.45, 2.75) is 13.0 Å². The zero-order chi connectivity index (χ0) is 9.68. The maximum atomic E-state index is 5.83. The minimum atomic E-state index is 0.103. The molecule has 4 heteroatoms. The van der Waals surface area contributed by atoms with Gasteiger partial charge >= 0.3 is 0 Å². The van der Waals surface area contributed by atoms with E-state index in [1.165, 1.54) is 0 Å². The molecule has 1 N–H and O–H groups in total. The molecule has 13 heavy (non-hydrogen) atoms. The van der Waals surface area contributed by atoms with Crippen LogP contribution < -0.4 is 5.32 Å². The molecule has 0 aliphatic carbocycles. The summed E-state index contributed by atoms with van der Waals surface area (Å²) in [6.07, 6.45) is 1.58. The lowest BCUT2D eigenvalue weighted by Crippen LogP contribution is -2.21. The van der Waals surface area contributed by atoms with E-state index in [2.05, 4.69) is 5.32 Å². The van der Waals surface area contributed by atoms with Gasteiger partial charge in [-0.25, -0.2) is 0 Å². The number of nitrogens with one attached hydrogen (secondary N) is 1. The van der Waals surface area contributed by atoms with Gasteiger partial charge in [0, 0.05) is 12.2 Å². The van der Waals surface area contributed by atoms with Crippen LogP contribution in [0.4, 0.5) is 0 Å². The highest BCUT2D eigenvalue weighted by Crippen LogP contribution is 2.23. The molecule has 0 aromatic carbocycles. The largest absolute Gasteiger partial charge is 0.453 e. The normalized spacial score (nSPS) is 13.2. The molecule has 0 spiro atoms. The third-order valence-electron chi connectivity index (χ3n) is 1.86. The van der Waals surface area contributed by atoms with Crippen LogP contribution in [0.5, 0.6) is 0 Å². The molecule has 0 aliphatic rings. The van der Waals surface area contributed by atoms with Crippen molar-refractivity contribution in [3.8, 4) is 0 Å². The predicted octanol–water partition coefficient (Wildman–Crippen LogP) is 2.23. The van der Waals surface area contributed by atoms with Crippen molar-refractivity contribution in [1.29, 1.82) is 0 Å². The van der Waals surface area contributed by atoms with Crippen LogP contribution in [0.1, 0.15) is 18.5 Å². The average molecular weight is 204 g/mol. The fraction of sp³-hybridized carbons (Fsp3) is 0.556. The molecule has 1 atom stereocenters. The molecule has 1 unspecified atom stereocenters. The molecule has 1 heterocycles. The fourth-order valence-corrected chi connectivity index (χ4v) is 1.36. The molecule has 0 aliphatic heterocycles. The summed E-state index contributed by atoms with van der Waals surface area (Å²) in [6.45, 7) is 3.27. The van der Waals surface area contributed by atoms with E-state index in [1.54, 1.807) is 6.26 Å². The van der Waals surface area contributed by atoms with Gasteiger partial charge in [-0.1, -0.05) is 0 Å². The van der Waals surface area contributed by atoms with Gasteiger partial charge in [0.2, 0.25) is 0 Å². The van der Waals surface area contributed by atoms with Gasteiger partial charge in [0.25, 0.3) is 0 Å². The molecule has 0 saturated heterocycles. The van der Waals surface area contributed by atoms with Crippen LogP contribution in [0.15, 0.2) is 16.7 Å². The van der Waals surface area contributed by atoms with Gasteiger partial charge in [0.15, 0.2) is 5.22 Å². The summed E-state index contributed by atoms with van der Waals surface area (Å²) in [5.74, 6) is 0. The second-order valence-electron chi connectivity index (χ2n) is 2.65. The van der Waals surface area contributed by atoms with E-state index in [1.807, 2.05) is 20.0 Å². The van der Waals surface area contributed by atoms with E-state index in [9.17, 15) is 0 Å². The first-order chi connectivity index (χ1) is 6.29. The van der Waals surface area contributed by atoms with Crippen molar-refractivity contribution in [2.24, 2.45) is 0 Å². The van der Waals surface area contributed by atoms with E-state index in [-0.39, 0.29) is 6.04 Å². The molecule has 0 radical (unpaired) electrons. The minimum absolute atomic E-state index is 0.103. The monoisotopic (exact) mass is 203 g/mol.